The van der Waals surface area contributed by atoms with Gasteiger partial charge in [0, 0.05) is 21.3 Å². The van der Waals surface area contributed by atoms with Crippen LogP contribution in [0, 0.1) is 3.57 Å². The highest BCUT2D eigenvalue weighted by Crippen LogP contribution is 2.42. The number of halogens is 2. The summed E-state index contributed by atoms with van der Waals surface area (Å²) in [6.45, 7) is 2.03. The molecule has 0 fully saturated rings. The van der Waals surface area contributed by atoms with E-state index in [0.717, 1.165) is 27.0 Å². The van der Waals surface area contributed by atoms with Gasteiger partial charge in [-0.05, 0) is 58.7 Å². The van der Waals surface area contributed by atoms with Gasteiger partial charge in [-0.1, -0.05) is 34.6 Å². The molecular formula is C19H16BrIN4O3S. The molecule has 0 unspecified atom stereocenters. The van der Waals surface area contributed by atoms with E-state index in [1.54, 1.807) is 6.07 Å². The van der Waals surface area contributed by atoms with Crippen LogP contribution in [-0.2, 0) is 0 Å². The second kappa shape index (κ2) is 8.52. The first-order valence-electron chi connectivity index (χ1n) is 8.67. The lowest BCUT2D eigenvalue weighted by molar-refractivity contribution is 0.224. The quantitative estimate of drug-likeness (QED) is 0.317. The van der Waals surface area contributed by atoms with Crippen molar-refractivity contribution in [3.8, 4) is 28.6 Å². The van der Waals surface area contributed by atoms with Gasteiger partial charge in [0.05, 0.1) is 10.7 Å². The van der Waals surface area contributed by atoms with E-state index in [4.69, 9.17) is 9.47 Å². The zero-order valence-electron chi connectivity index (χ0n) is 15.4. The Balaban J connectivity index is 1.86. The predicted molar refractivity (Wildman–Crippen MR) is 124 cm³/mol. The summed E-state index contributed by atoms with van der Waals surface area (Å²) < 4.78 is 13.1. The predicted octanol–water partition coefficient (Wildman–Crippen LogP) is 5.24. The number of benzene rings is 2. The largest absolute Gasteiger partial charge is 0.504 e. The molecule has 0 saturated heterocycles. The smallest absolute Gasteiger partial charge is 0.247 e. The molecule has 1 aliphatic heterocycles. The Morgan fingerprint density at radius 2 is 2.14 bits per heavy atom. The van der Waals surface area contributed by atoms with Crippen molar-refractivity contribution in [3.05, 3.63) is 43.9 Å². The molecular weight excluding hydrogens is 571 g/mol. The Labute approximate surface area is 193 Å². The number of methoxy groups -OCH3 is 1. The SMILES string of the molecule is CCSc1nnc2c(n1)O[C@@H](c1cc(I)c(O)c(OC)c1)Nc1ccc(Br)cc1-2. The van der Waals surface area contributed by atoms with Crippen LogP contribution in [0.4, 0.5) is 5.69 Å². The molecule has 2 aromatic carbocycles. The molecule has 0 saturated carbocycles. The van der Waals surface area contributed by atoms with Gasteiger partial charge >= 0.3 is 0 Å². The summed E-state index contributed by atoms with van der Waals surface area (Å²) in [7, 11) is 1.52. The maximum atomic E-state index is 10.2. The van der Waals surface area contributed by atoms with Crippen molar-refractivity contribution in [1.82, 2.24) is 15.2 Å². The van der Waals surface area contributed by atoms with Crippen molar-refractivity contribution in [3.63, 3.8) is 0 Å². The van der Waals surface area contributed by atoms with Gasteiger partial charge < -0.3 is 19.9 Å². The molecule has 0 aliphatic carbocycles. The van der Waals surface area contributed by atoms with E-state index >= 15 is 0 Å². The maximum Gasteiger partial charge on any atom is 0.247 e. The number of fused-ring (bicyclic) bond motifs is 3. The molecule has 3 aromatic rings. The average molecular weight is 587 g/mol. The van der Waals surface area contributed by atoms with E-state index in [1.165, 1.54) is 18.9 Å². The molecule has 1 aromatic heterocycles. The summed E-state index contributed by atoms with van der Waals surface area (Å²) in [5.41, 5.74) is 3.03. The molecule has 4 rings (SSSR count). The first-order valence-corrected chi connectivity index (χ1v) is 11.5. The second-order valence-corrected chi connectivity index (χ2v) is 9.38. The molecule has 0 amide bonds. The fourth-order valence-corrected chi connectivity index (χ4v) is 4.40. The highest BCUT2D eigenvalue weighted by molar-refractivity contribution is 14.1. The van der Waals surface area contributed by atoms with Crippen LogP contribution in [0.1, 0.15) is 18.7 Å². The number of aromatic nitrogens is 3. The lowest BCUT2D eigenvalue weighted by Crippen LogP contribution is -2.17. The van der Waals surface area contributed by atoms with Gasteiger partial charge in [-0.15, -0.1) is 10.2 Å². The van der Waals surface area contributed by atoms with E-state index in [0.29, 0.717) is 26.1 Å². The average Bonchev–Trinajstić information content (AvgIpc) is 2.86. The van der Waals surface area contributed by atoms with Crippen LogP contribution < -0.4 is 14.8 Å². The van der Waals surface area contributed by atoms with E-state index in [-0.39, 0.29) is 5.75 Å². The fraction of sp³-hybridized carbons (Fsp3) is 0.211. The van der Waals surface area contributed by atoms with Crippen molar-refractivity contribution >= 4 is 56.0 Å². The number of rotatable bonds is 4. The van der Waals surface area contributed by atoms with Crippen LogP contribution in [0.2, 0.25) is 0 Å². The van der Waals surface area contributed by atoms with Gasteiger partial charge in [0.25, 0.3) is 0 Å². The van der Waals surface area contributed by atoms with E-state index < -0.39 is 6.23 Å². The van der Waals surface area contributed by atoms with Gasteiger partial charge in [0.1, 0.15) is 0 Å². The molecule has 7 nitrogen and oxygen atoms in total. The van der Waals surface area contributed by atoms with Crippen molar-refractivity contribution in [2.24, 2.45) is 0 Å². The summed E-state index contributed by atoms with van der Waals surface area (Å²) in [4.78, 5) is 4.58. The van der Waals surface area contributed by atoms with E-state index in [2.05, 4.69) is 59.0 Å². The summed E-state index contributed by atoms with van der Waals surface area (Å²) >= 11 is 7.08. The van der Waals surface area contributed by atoms with Gasteiger partial charge in [-0.3, -0.25) is 0 Å². The summed E-state index contributed by atoms with van der Waals surface area (Å²) in [5, 5.41) is 22.8. The highest BCUT2D eigenvalue weighted by Gasteiger charge is 2.27. The third-order valence-electron chi connectivity index (χ3n) is 4.23. The molecule has 29 heavy (non-hydrogen) atoms. The van der Waals surface area contributed by atoms with Gasteiger partial charge in [0.2, 0.25) is 11.0 Å². The van der Waals surface area contributed by atoms with Crippen LogP contribution in [0.5, 0.6) is 17.4 Å². The Hall–Kier alpha value is -1.79. The number of nitrogens with one attached hydrogen (secondary N) is 1. The Morgan fingerprint density at radius 1 is 1.31 bits per heavy atom. The first-order chi connectivity index (χ1) is 14.0. The number of nitrogens with zero attached hydrogens (tertiary/aromatic N) is 3. The lowest BCUT2D eigenvalue weighted by atomic mass is 10.1. The van der Waals surface area contributed by atoms with Crippen molar-refractivity contribution in [2.45, 2.75) is 18.3 Å². The van der Waals surface area contributed by atoms with E-state index in [1.807, 2.05) is 31.2 Å². The number of anilines is 1. The van der Waals surface area contributed by atoms with Crippen LogP contribution in [-0.4, -0.2) is 33.2 Å². The van der Waals surface area contributed by atoms with Crippen LogP contribution in [0.25, 0.3) is 11.3 Å². The van der Waals surface area contributed by atoms with Crippen molar-refractivity contribution in [2.75, 3.05) is 18.2 Å². The monoisotopic (exact) mass is 586 g/mol. The van der Waals surface area contributed by atoms with Gasteiger partial charge in [0.15, 0.2) is 23.4 Å². The Bertz CT molecular complexity index is 1090. The Morgan fingerprint density at radius 3 is 2.90 bits per heavy atom. The number of aromatic hydroxyl groups is 1. The molecule has 1 aliphatic rings. The highest BCUT2D eigenvalue weighted by atomic mass is 127. The van der Waals surface area contributed by atoms with Crippen molar-refractivity contribution in [1.29, 1.82) is 0 Å². The van der Waals surface area contributed by atoms with Crippen LogP contribution in [0.3, 0.4) is 0 Å². The fourth-order valence-electron chi connectivity index (χ4n) is 2.91. The number of hydrogen-bond acceptors (Lipinski definition) is 8. The molecule has 1 atom stereocenters. The molecule has 2 N–H and O–H groups in total. The molecule has 10 heteroatoms. The molecule has 0 spiro atoms. The minimum Gasteiger partial charge on any atom is -0.504 e. The maximum absolute atomic E-state index is 10.2. The molecule has 2 heterocycles. The van der Waals surface area contributed by atoms with Gasteiger partial charge in [-0.25, -0.2) is 0 Å². The van der Waals surface area contributed by atoms with Crippen LogP contribution in [0.15, 0.2) is 40.0 Å². The zero-order chi connectivity index (χ0) is 20.5. The summed E-state index contributed by atoms with van der Waals surface area (Å²) in [6.07, 6.45) is -0.560. The van der Waals surface area contributed by atoms with Crippen molar-refractivity contribution < 1.29 is 14.6 Å². The number of ether oxygens (including phenoxy) is 2. The summed E-state index contributed by atoms with van der Waals surface area (Å²) in [6, 6.07) is 9.43. The molecule has 150 valence electrons. The third-order valence-corrected chi connectivity index (χ3v) is 6.27. The molecule has 0 bridgehead atoms. The zero-order valence-corrected chi connectivity index (χ0v) is 20.0. The number of hydrogen-bond donors (Lipinski definition) is 2. The summed E-state index contributed by atoms with van der Waals surface area (Å²) in [5.74, 6) is 1.70. The first kappa shape index (κ1) is 20.5. The standard InChI is InChI=1S/C19H16BrIN4O3S/c1-3-29-19-23-18-15(24-25-19)11-8-10(20)4-5-13(11)22-17(28-18)9-6-12(21)16(26)14(7-9)27-2/h4-8,17,22,26H,3H2,1-2H3/t17-/m0/s1. The molecule has 0 radical (unpaired) electrons. The minimum absolute atomic E-state index is 0.0980. The topological polar surface area (TPSA) is 89.4 Å². The number of thioether (sulfide) groups is 1. The van der Waals surface area contributed by atoms with Gasteiger partial charge in [-0.2, -0.15) is 4.98 Å². The normalized spacial score (nSPS) is 14.8. The second-order valence-electron chi connectivity index (χ2n) is 6.07. The number of phenols is 1. The number of phenolic OH excluding ortho intramolecular Hbond substituents is 1. The Kier molecular flexibility index (Phi) is 6.02. The lowest BCUT2D eigenvalue weighted by Gasteiger charge is -2.20. The third kappa shape index (κ3) is 4.10. The van der Waals surface area contributed by atoms with Crippen LogP contribution >= 0.6 is 50.3 Å². The minimum atomic E-state index is -0.560. The van der Waals surface area contributed by atoms with E-state index in [9.17, 15) is 5.11 Å².